The van der Waals surface area contributed by atoms with Gasteiger partial charge in [-0.2, -0.15) is 0 Å². The van der Waals surface area contributed by atoms with E-state index >= 15 is 0 Å². The van der Waals surface area contributed by atoms with Gasteiger partial charge >= 0.3 is 0 Å². The van der Waals surface area contributed by atoms with E-state index in [0.29, 0.717) is 21.6 Å². The number of rotatable bonds is 6. The molecule has 3 heterocycles. The number of methoxy groups -OCH3 is 1. The zero-order valence-corrected chi connectivity index (χ0v) is 14.8. The second-order valence-corrected chi connectivity index (χ2v) is 5.85. The minimum absolute atomic E-state index is 0.0467. The van der Waals surface area contributed by atoms with Crippen molar-refractivity contribution in [3.63, 3.8) is 0 Å². The van der Waals surface area contributed by atoms with Crippen LogP contribution in [0.3, 0.4) is 0 Å². The number of fused-ring (bicyclic) bond motifs is 1. The number of carbonyl (C=O) groups excluding carboxylic acids is 1. The summed E-state index contributed by atoms with van der Waals surface area (Å²) in [6, 6.07) is 0.912. The van der Waals surface area contributed by atoms with Crippen molar-refractivity contribution < 1.29 is 13.9 Å². The SMILES string of the molecule is CNC(=O)C(COC)Nc1nc(-c2c[nH]c3ncc(Cl)cc23)ncc1F. The number of hydrogen-bond acceptors (Lipinski definition) is 6. The Morgan fingerprint density at radius 2 is 2.23 bits per heavy atom. The number of carbonyl (C=O) groups is 1. The molecule has 8 nitrogen and oxygen atoms in total. The predicted molar refractivity (Wildman–Crippen MR) is 95.4 cm³/mol. The molecule has 0 aliphatic heterocycles. The highest BCUT2D eigenvalue weighted by Gasteiger charge is 2.20. The summed E-state index contributed by atoms with van der Waals surface area (Å²) in [5.74, 6) is -0.883. The first-order valence-corrected chi connectivity index (χ1v) is 8.04. The fourth-order valence-corrected chi connectivity index (χ4v) is 2.61. The van der Waals surface area contributed by atoms with Gasteiger partial charge < -0.3 is 20.4 Å². The van der Waals surface area contributed by atoms with Crippen LogP contribution >= 0.6 is 11.6 Å². The van der Waals surface area contributed by atoms with E-state index in [0.717, 1.165) is 6.20 Å². The van der Waals surface area contributed by atoms with Crippen LogP contribution in [-0.2, 0) is 9.53 Å². The fourth-order valence-electron chi connectivity index (χ4n) is 2.45. The van der Waals surface area contributed by atoms with Crippen LogP contribution in [-0.4, -0.2) is 52.6 Å². The maximum Gasteiger partial charge on any atom is 0.244 e. The number of likely N-dealkylation sites (N-methyl/N-ethyl adjacent to an activating group) is 1. The number of aromatic nitrogens is 4. The average Bonchev–Trinajstić information content (AvgIpc) is 3.05. The van der Waals surface area contributed by atoms with E-state index in [1.54, 1.807) is 12.3 Å². The third-order valence-corrected chi connectivity index (χ3v) is 3.90. The van der Waals surface area contributed by atoms with Crippen molar-refractivity contribution in [1.82, 2.24) is 25.3 Å². The van der Waals surface area contributed by atoms with Crippen molar-refractivity contribution in [2.75, 3.05) is 26.1 Å². The number of hydrogen-bond donors (Lipinski definition) is 3. The molecule has 1 amide bonds. The molecule has 3 rings (SSSR count). The summed E-state index contributed by atoms with van der Waals surface area (Å²) in [5.41, 5.74) is 1.22. The molecule has 0 saturated heterocycles. The van der Waals surface area contributed by atoms with Crippen LogP contribution in [0.5, 0.6) is 0 Å². The Kier molecular flexibility index (Phi) is 5.29. The van der Waals surface area contributed by atoms with Gasteiger partial charge in [-0.25, -0.2) is 19.3 Å². The van der Waals surface area contributed by atoms with Gasteiger partial charge in [0.2, 0.25) is 5.91 Å². The zero-order chi connectivity index (χ0) is 18.7. The Morgan fingerprint density at radius 1 is 1.42 bits per heavy atom. The first kappa shape index (κ1) is 18.0. The third-order valence-electron chi connectivity index (χ3n) is 3.69. The summed E-state index contributed by atoms with van der Waals surface area (Å²) in [7, 11) is 2.93. The molecule has 3 aromatic heterocycles. The van der Waals surface area contributed by atoms with Crippen molar-refractivity contribution in [3.05, 3.63) is 35.5 Å². The van der Waals surface area contributed by atoms with E-state index in [2.05, 4.69) is 30.6 Å². The van der Waals surface area contributed by atoms with E-state index in [4.69, 9.17) is 16.3 Å². The van der Waals surface area contributed by atoms with Gasteiger partial charge in [0.25, 0.3) is 0 Å². The Morgan fingerprint density at radius 3 is 2.96 bits per heavy atom. The van der Waals surface area contributed by atoms with E-state index < -0.39 is 11.9 Å². The first-order valence-electron chi connectivity index (χ1n) is 7.66. The van der Waals surface area contributed by atoms with E-state index in [1.165, 1.54) is 20.4 Å². The number of anilines is 1. The van der Waals surface area contributed by atoms with Gasteiger partial charge in [-0.05, 0) is 6.07 Å². The summed E-state index contributed by atoms with van der Waals surface area (Å²) in [5, 5.41) is 6.39. The van der Waals surface area contributed by atoms with Crippen LogP contribution in [0, 0.1) is 5.82 Å². The van der Waals surface area contributed by atoms with Gasteiger partial charge in [-0.1, -0.05) is 11.6 Å². The quantitative estimate of drug-likeness (QED) is 0.606. The first-order chi connectivity index (χ1) is 12.5. The lowest BCUT2D eigenvalue weighted by atomic mass is 10.2. The van der Waals surface area contributed by atoms with Crippen molar-refractivity contribution in [3.8, 4) is 11.4 Å². The molecule has 10 heteroatoms. The molecule has 1 unspecified atom stereocenters. The minimum Gasteiger partial charge on any atom is -0.382 e. The summed E-state index contributed by atoms with van der Waals surface area (Å²) in [6.07, 6.45) is 4.22. The molecule has 0 fully saturated rings. The maximum atomic E-state index is 14.2. The molecule has 0 spiro atoms. The van der Waals surface area contributed by atoms with Crippen molar-refractivity contribution >= 4 is 34.4 Å². The fraction of sp³-hybridized carbons (Fsp3) is 0.250. The van der Waals surface area contributed by atoms with E-state index in [-0.39, 0.29) is 24.2 Å². The Labute approximate surface area is 153 Å². The highest BCUT2D eigenvalue weighted by atomic mass is 35.5. The number of H-pyrrole nitrogens is 1. The molecule has 0 radical (unpaired) electrons. The third kappa shape index (κ3) is 3.58. The second kappa shape index (κ2) is 7.63. The normalized spacial score (nSPS) is 12.2. The summed E-state index contributed by atoms with van der Waals surface area (Å²) >= 11 is 6.00. The van der Waals surface area contributed by atoms with Gasteiger partial charge in [0.15, 0.2) is 17.5 Å². The summed E-state index contributed by atoms with van der Waals surface area (Å²) < 4.78 is 19.2. The van der Waals surface area contributed by atoms with Crippen molar-refractivity contribution in [1.29, 1.82) is 0 Å². The molecule has 136 valence electrons. The number of amides is 1. The van der Waals surface area contributed by atoms with Crippen LogP contribution in [0.4, 0.5) is 10.2 Å². The monoisotopic (exact) mass is 378 g/mol. The lowest BCUT2D eigenvalue weighted by Gasteiger charge is -2.17. The smallest absolute Gasteiger partial charge is 0.244 e. The van der Waals surface area contributed by atoms with E-state index in [1.807, 2.05) is 0 Å². The Balaban J connectivity index is 1.99. The van der Waals surface area contributed by atoms with Crippen LogP contribution in [0.25, 0.3) is 22.4 Å². The number of ether oxygens (including phenoxy) is 1. The minimum atomic E-state index is -0.804. The maximum absolute atomic E-state index is 14.2. The van der Waals surface area contributed by atoms with Crippen LogP contribution in [0.2, 0.25) is 5.02 Å². The van der Waals surface area contributed by atoms with Gasteiger partial charge in [-0.15, -0.1) is 0 Å². The molecule has 1 atom stereocenters. The van der Waals surface area contributed by atoms with Crippen molar-refractivity contribution in [2.24, 2.45) is 0 Å². The number of halogens is 2. The molecule has 26 heavy (non-hydrogen) atoms. The zero-order valence-electron chi connectivity index (χ0n) is 14.0. The standard InChI is InChI=1S/C16H16ClFN6O2/c1-19-16(25)12(7-26-2)23-15-11(18)6-22-14(24-15)10-5-21-13-9(10)3-8(17)4-20-13/h3-6,12H,7H2,1-2H3,(H,19,25)(H,20,21)(H,22,23,24). The molecular weight excluding hydrogens is 363 g/mol. The highest BCUT2D eigenvalue weighted by molar-refractivity contribution is 6.31. The molecule has 0 aliphatic carbocycles. The molecule has 3 aromatic rings. The van der Waals surface area contributed by atoms with Gasteiger partial charge in [0.1, 0.15) is 11.7 Å². The van der Waals surface area contributed by atoms with Gasteiger partial charge in [-0.3, -0.25) is 4.79 Å². The predicted octanol–water partition coefficient (Wildman–Crippen LogP) is 1.99. The number of nitrogens with zero attached hydrogens (tertiary/aromatic N) is 3. The average molecular weight is 379 g/mol. The molecule has 0 aromatic carbocycles. The molecular formula is C16H16ClFN6O2. The van der Waals surface area contributed by atoms with Crippen LogP contribution < -0.4 is 10.6 Å². The van der Waals surface area contributed by atoms with Gasteiger partial charge in [0.05, 0.1) is 17.8 Å². The van der Waals surface area contributed by atoms with Crippen LogP contribution in [0.1, 0.15) is 0 Å². The molecule has 0 aliphatic rings. The molecule has 0 bridgehead atoms. The second-order valence-electron chi connectivity index (χ2n) is 5.41. The molecule has 0 saturated carbocycles. The number of aromatic amines is 1. The van der Waals surface area contributed by atoms with Gasteiger partial charge in [0, 0.05) is 37.5 Å². The Bertz CT molecular complexity index is 948. The van der Waals surface area contributed by atoms with Crippen molar-refractivity contribution in [2.45, 2.75) is 6.04 Å². The highest BCUT2D eigenvalue weighted by Crippen LogP contribution is 2.28. The number of pyridine rings is 1. The number of nitrogens with one attached hydrogen (secondary N) is 3. The molecule has 3 N–H and O–H groups in total. The van der Waals surface area contributed by atoms with Crippen LogP contribution in [0.15, 0.2) is 24.7 Å². The summed E-state index contributed by atoms with van der Waals surface area (Å²) in [4.78, 5) is 27.3. The Hall–Kier alpha value is -2.78. The lowest BCUT2D eigenvalue weighted by Crippen LogP contribution is -2.41. The largest absolute Gasteiger partial charge is 0.382 e. The lowest BCUT2D eigenvalue weighted by molar-refractivity contribution is -0.122. The summed E-state index contributed by atoms with van der Waals surface area (Å²) in [6.45, 7) is 0.0467. The van der Waals surface area contributed by atoms with E-state index in [9.17, 15) is 9.18 Å². The topological polar surface area (TPSA) is 105 Å².